The van der Waals surface area contributed by atoms with Crippen LogP contribution in [0.4, 0.5) is 0 Å². The number of nitrogens with zero attached hydrogens (tertiary/aromatic N) is 2. The van der Waals surface area contributed by atoms with Crippen molar-refractivity contribution in [2.75, 3.05) is 45.9 Å². The SMILES string of the molecule is CC(C)NC(=O)CN1CCN(CCOc2ccccc2)CC1. The minimum absolute atomic E-state index is 0.121. The van der Waals surface area contributed by atoms with Gasteiger partial charge in [-0.25, -0.2) is 0 Å². The van der Waals surface area contributed by atoms with Crippen LogP contribution in [0.25, 0.3) is 0 Å². The Hall–Kier alpha value is -1.59. The highest BCUT2D eigenvalue weighted by Gasteiger charge is 2.18. The highest BCUT2D eigenvalue weighted by Crippen LogP contribution is 2.08. The second kappa shape index (κ2) is 8.76. The fourth-order valence-corrected chi connectivity index (χ4v) is 2.55. The molecule has 5 nitrogen and oxygen atoms in total. The highest BCUT2D eigenvalue weighted by molar-refractivity contribution is 5.78. The quantitative estimate of drug-likeness (QED) is 0.822. The first-order chi connectivity index (χ1) is 10.6. The van der Waals surface area contributed by atoms with Crippen molar-refractivity contribution >= 4 is 5.91 Å². The molecule has 1 aliphatic rings. The number of hydrogen-bond acceptors (Lipinski definition) is 4. The van der Waals surface area contributed by atoms with Crippen LogP contribution in [0.2, 0.25) is 0 Å². The zero-order chi connectivity index (χ0) is 15.8. The van der Waals surface area contributed by atoms with E-state index in [-0.39, 0.29) is 11.9 Å². The summed E-state index contributed by atoms with van der Waals surface area (Å²) in [6.45, 7) is 9.99. The molecule has 1 aromatic carbocycles. The minimum atomic E-state index is 0.121. The second-order valence-electron chi connectivity index (χ2n) is 6.00. The van der Waals surface area contributed by atoms with E-state index in [4.69, 9.17) is 4.74 Å². The highest BCUT2D eigenvalue weighted by atomic mass is 16.5. The molecule has 1 fully saturated rings. The molecule has 0 saturated carbocycles. The van der Waals surface area contributed by atoms with Crippen LogP contribution in [0, 0.1) is 0 Å². The molecule has 22 heavy (non-hydrogen) atoms. The van der Waals surface area contributed by atoms with Gasteiger partial charge in [0.1, 0.15) is 12.4 Å². The summed E-state index contributed by atoms with van der Waals surface area (Å²) < 4.78 is 5.72. The van der Waals surface area contributed by atoms with Crippen molar-refractivity contribution in [1.82, 2.24) is 15.1 Å². The summed E-state index contributed by atoms with van der Waals surface area (Å²) in [6.07, 6.45) is 0. The van der Waals surface area contributed by atoms with Gasteiger partial charge >= 0.3 is 0 Å². The Bertz CT molecular complexity index is 442. The van der Waals surface area contributed by atoms with Crippen molar-refractivity contribution in [2.24, 2.45) is 0 Å². The first-order valence-electron chi connectivity index (χ1n) is 8.05. The lowest BCUT2D eigenvalue weighted by Crippen LogP contribution is -2.50. The Labute approximate surface area is 133 Å². The molecule has 0 radical (unpaired) electrons. The number of benzene rings is 1. The number of carbonyl (C=O) groups is 1. The lowest BCUT2D eigenvalue weighted by molar-refractivity contribution is -0.123. The van der Waals surface area contributed by atoms with E-state index in [9.17, 15) is 4.79 Å². The molecule has 5 heteroatoms. The standard InChI is InChI=1S/C17H27N3O2/c1-15(2)18-17(21)14-20-10-8-19(9-11-20)12-13-22-16-6-4-3-5-7-16/h3-7,15H,8-14H2,1-2H3,(H,18,21). The third-order valence-electron chi connectivity index (χ3n) is 3.70. The van der Waals surface area contributed by atoms with Gasteiger partial charge in [-0.15, -0.1) is 0 Å². The summed E-state index contributed by atoms with van der Waals surface area (Å²) in [5, 5.41) is 2.94. The molecule has 0 spiro atoms. The number of para-hydroxylation sites is 1. The van der Waals surface area contributed by atoms with Gasteiger partial charge in [0.2, 0.25) is 5.91 Å². The maximum absolute atomic E-state index is 11.7. The zero-order valence-electron chi connectivity index (χ0n) is 13.6. The summed E-state index contributed by atoms with van der Waals surface area (Å²) in [4.78, 5) is 16.3. The smallest absolute Gasteiger partial charge is 0.234 e. The van der Waals surface area contributed by atoms with Crippen molar-refractivity contribution in [3.8, 4) is 5.75 Å². The van der Waals surface area contributed by atoms with Gasteiger partial charge < -0.3 is 10.1 Å². The molecule has 1 saturated heterocycles. The van der Waals surface area contributed by atoms with E-state index >= 15 is 0 Å². The first kappa shape index (κ1) is 16.8. The lowest BCUT2D eigenvalue weighted by atomic mass is 10.3. The van der Waals surface area contributed by atoms with Crippen LogP contribution in [-0.2, 0) is 4.79 Å². The van der Waals surface area contributed by atoms with E-state index in [0.717, 1.165) is 38.5 Å². The normalized spacial score (nSPS) is 16.7. The van der Waals surface area contributed by atoms with E-state index in [1.54, 1.807) is 0 Å². The van der Waals surface area contributed by atoms with Gasteiger partial charge in [0.05, 0.1) is 6.54 Å². The van der Waals surface area contributed by atoms with Crippen LogP contribution in [0.15, 0.2) is 30.3 Å². The number of amides is 1. The molecular weight excluding hydrogens is 278 g/mol. The Morgan fingerprint density at radius 3 is 2.41 bits per heavy atom. The van der Waals surface area contributed by atoms with E-state index < -0.39 is 0 Å². The number of hydrogen-bond donors (Lipinski definition) is 1. The van der Waals surface area contributed by atoms with Gasteiger partial charge in [-0.3, -0.25) is 14.6 Å². The molecule has 1 N–H and O–H groups in total. The third-order valence-corrected chi connectivity index (χ3v) is 3.70. The van der Waals surface area contributed by atoms with Crippen LogP contribution >= 0.6 is 0 Å². The topological polar surface area (TPSA) is 44.8 Å². The van der Waals surface area contributed by atoms with Crippen LogP contribution in [0.1, 0.15) is 13.8 Å². The van der Waals surface area contributed by atoms with Gasteiger partial charge in [-0.2, -0.15) is 0 Å². The van der Waals surface area contributed by atoms with Gasteiger partial charge in [0.15, 0.2) is 0 Å². The van der Waals surface area contributed by atoms with E-state index in [1.807, 2.05) is 44.2 Å². The molecule has 0 aromatic heterocycles. The first-order valence-corrected chi connectivity index (χ1v) is 8.05. The molecule has 122 valence electrons. The summed E-state index contributed by atoms with van der Waals surface area (Å²) in [7, 11) is 0. The summed E-state index contributed by atoms with van der Waals surface area (Å²) in [6, 6.07) is 10.1. The Balaban J connectivity index is 1.60. The average Bonchev–Trinajstić information content (AvgIpc) is 2.49. The largest absolute Gasteiger partial charge is 0.492 e. The average molecular weight is 305 g/mol. The monoisotopic (exact) mass is 305 g/mol. The molecule has 1 amide bonds. The molecule has 2 rings (SSSR count). The molecule has 0 bridgehead atoms. The summed E-state index contributed by atoms with van der Waals surface area (Å²) in [5.41, 5.74) is 0. The second-order valence-corrected chi connectivity index (χ2v) is 6.00. The minimum Gasteiger partial charge on any atom is -0.492 e. The molecule has 0 unspecified atom stereocenters. The molecule has 1 aromatic rings. The van der Waals surface area contributed by atoms with E-state index in [0.29, 0.717) is 13.2 Å². The number of piperazine rings is 1. The lowest BCUT2D eigenvalue weighted by Gasteiger charge is -2.34. The number of ether oxygens (including phenoxy) is 1. The van der Waals surface area contributed by atoms with Gasteiger partial charge in [0.25, 0.3) is 0 Å². The Morgan fingerprint density at radius 2 is 1.77 bits per heavy atom. The maximum Gasteiger partial charge on any atom is 0.234 e. The van der Waals surface area contributed by atoms with Crippen molar-refractivity contribution < 1.29 is 9.53 Å². The van der Waals surface area contributed by atoms with E-state index in [2.05, 4.69) is 15.1 Å². The number of rotatable bonds is 7. The summed E-state index contributed by atoms with van der Waals surface area (Å²) in [5.74, 6) is 1.04. The van der Waals surface area contributed by atoms with Gasteiger partial charge in [-0.1, -0.05) is 18.2 Å². The van der Waals surface area contributed by atoms with Crippen LogP contribution in [0.3, 0.4) is 0 Å². The predicted molar refractivity (Wildman–Crippen MR) is 88.1 cm³/mol. The van der Waals surface area contributed by atoms with Crippen LogP contribution in [-0.4, -0.2) is 67.6 Å². The number of nitrogens with one attached hydrogen (secondary N) is 1. The van der Waals surface area contributed by atoms with Crippen molar-refractivity contribution in [2.45, 2.75) is 19.9 Å². The fraction of sp³-hybridized carbons (Fsp3) is 0.588. The Morgan fingerprint density at radius 1 is 1.14 bits per heavy atom. The van der Waals surface area contributed by atoms with Crippen molar-refractivity contribution in [3.05, 3.63) is 30.3 Å². The maximum atomic E-state index is 11.7. The zero-order valence-corrected chi connectivity index (χ0v) is 13.6. The van der Waals surface area contributed by atoms with E-state index in [1.165, 1.54) is 0 Å². The van der Waals surface area contributed by atoms with Gasteiger partial charge in [-0.05, 0) is 26.0 Å². The summed E-state index contributed by atoms with van der Waals surface area (Å²) >= 11 is 0. The molecule has 0 aliphatic carbocycles. The fourth-order valence-electron chi connectivity index (χ4n) is 2.55. The van der Waals surface area contributed by atoms with Crippen LogP contribution < -0.4 is 10.1 Å². The third kappa shape index (κ3) is 6.03. The Kier molecular flexibility index (Phi) is 6.68. The molecule has 1 heterocycles. The van der Waals surface area contributed by atoms with Crippen LogP contribution in [0.5, 0.6) is 5.75 Å². The predicted octanol–water partition coefficient (Wildman–Crippen LogP) is 1.21. The number of carbonyl (C=O) groups excluding carboxylic acids is 1. The van der Waals surface area contributed by atoms with Crippen molar-refractivity contribution in [1.29, 1.82) is 0 Å². The molecule has 1 aliphatic heterocycles. The molecule has 0 atom stereocenters. The van der Waals surface area contributed by atoms with Crippen molar-refractivity contribution in [3.63, 3.8) is 0 Å². The molecular formula is C17H27N3O2. The van der Waals surface area contributed by atoms with Gasteiger partial charge in [0, 0.05) is 38.8 Å².